The Hall–Kier alpha value is -5.98. The molecule has 0 radical (unpaired) electrons. The Balaban J connectivity index is 1.05. The van der Waals surface area contributed by atoms with Gasteiger partial charge in [-0.15, -0.1) is 0 Å². The van der Waals surface area contributed by atoms with Crippen molar-refractivity contribution in [1.82, 2.24) is 0 Å². The van der Waals surface area contributed by atoms with E-state index in [1.807, 2.05) is 0 Å². The van der Waals surface area contributed by atoms with E-state index in [2.05, 4.69) is 184 Å². The van der Waals surface area contributed by atoms with Gasteiger partial charge in [0.15, 0.2) is 0 Å². The molecule has 230 valence electrons. The molecule has 0 unspecified atom stereocenters. The second kappa shape index (κ2) is 10.5. The van der Waals surface area contributed by atoms with Crippen LogP contribution in [0.3, 0.4) is 0 Å². The van der Waals surface area contributed by atoms with Crippen molar-refractivity contribution < 1.29 is 0 Å². The molecular formula is C49H34. The van der Waals surface area contributed by atoms with Crippen LogP contribution in [-0.2, 0) is 5.41 Å². The first kappa shape index (κ1) is 28.1. The lowest BCUT2D eigenvalue weighted by Crippen LogP contribution is -2.15. The Labute approximate surface area is 286 Å². The van der Waals surface area contributed by atoms with Gasteiger partial charge in [-0.25, -0.2) is 0 Å². The maximum absolute atomic E-state index is 2.45. The van der Waals surface area contributed by atoms with Gasteiger partial charge < -0.3 is 0 Å². The zero-order valence-electron chi connectivity index (χ0n) is 27.7. The van der Waals surface area contributed by atoms with Gasteiger partial charge in [-0.2, -0.15) is 0 Å². The van der Waals surface area contributed by atoms with Crippen LogP contribution in [0.2, 0.25) is 0 Å². The normalized spacial score (nSPS) is 13.3. The lowest BCUT2D eigenvalue weighted by molar-refractivity contribution is 0.661. The minimum absolute atomic E-state index is 0.109. The standard InChI is InChI=1S/C49H34/c1-49(2)47-29-34(33-19-18-31-10-3-4-11-32(31)26-33)20-24-44(47)45-25-22-38(30-48(45)49)39-17-9-13-35-27-37(21-23-41(35)39)46-28-36-12-5-6-14-40(36)42-15-7-8-16-43(42)46/h3-30H,1-2H3. The van der Waals surface area contributed by atoms with Crippen molar-refractivity contribution in [2.24, 2.45) is 0 Å². The fraction of sp³-hybridized carbons (Fsp3) is 0.0612. The highest BCUT2D eigenvalue weighted by Gasteiger charge is 2.36. The van der Waals surface area contributed by atoms with Crippen molar-refractivity contribution in [2.45, 2.75) is 19.3 Å². The van der Waals surface area contributed by atoms with E-state index in [0.29, 0.717) is 0 Å². The first-order valence-electron chi connectivity index (χ1n) is 17.3. The average Bonchev–Trinajstić information content (AvgIpc) is 3.38. The molecule has 1 aliphatic rings. The SMILES string of the molecule is CC1(C)c2cc(-c3ccc4ccccc4c3)ccc2-c2ccc(-c3cccc4cc(-c5cc6ccccc6c6ccccc56)ccc34)cc21. The van der Waals surface area contributed by atoms with Crippen LogP contribution in [0, 0.1) is 0 Å². The Morgan fingerprint density at radius 3 is 1.63 bits per heavy atom. The van der Waals surface area contributed by atoms with Crippen LogP contribution < -0.4 is 0 Å². The first-order chi connectivity index (χ1) is 24.0. The highest BCUT2D eigenvalue weighted by molar-refractivity contribution is 6.14. The third kappa shape index (κ3) is 4.31. The molecule has 0 heterocycles. The molecule has 0 nitrogen and oxygen atoms in total. The summed E-state index contributed by atoms with van der Waals surface area (Å²) in [4.78, 5) is 0. The monoisotopic (exact) mass is 622 g/mol. The molecule has 0 aliphatic heterocycles. The van der Waals surface area contributed by atoms with Crippen molar-refractivity contribution in [3.63, 3.8) is 0 Å². The van der Waals surface area contributed by atoms with Crippen molar-refractivity contribution >= 4 is 43.1 Å². The minimum atomic E-state index is -0.109. The number of benzene rings is 9. The smallest absolute Gasteiger partial charge is 0.0159 e. The highest BCUT2D eigenvalue weighted by Crippen LogP contribution is 2.51. The number of hydrogen-bond donors (Lipinski definition) is 0. The molecule has 0 bridgehead atoms. The molecule has 0 amide bonds. The van der Waals surface area contributed by atoms with Crippen molar-refractivity contribution in [1.29, 1.82) is 0 Å². The zero-order valence-corrected chi connectivity index (χ0v) is 27.7. The van der Waals surface area contributed by atoms with E-state index in [1.54, 1.807) is 0 Å². The molecule has 0 heteroatoms. The molecule has 9 aromatic rings. The molecule has 0 saturated heterocycles. The molecule has 1 aliphatic carbocycles. The van der Waals surface area contributed by atoms with E-state index < -0.39 is 0 Å². The van der Waals surface area contributed by atoms with E-state index in [4.69, 9.17) is 0 Å². The summed E-state index contributed by atoms with van der Waals surface area (Å²) in [6, 6.07) is 63.2. The van der Waals surface area contributed by atoms with E-state index in [9.17, 15) is 0 Å². The lowest BCUT2D eigenvalue weighted by atomic mass is 9.80. The van der Waals surface area contributed by atoms with Gasteiger partial charge in [0.1, 0.15) is 0 Å². The Bertz CT molecular complexity index is 2800. The van der Waals surface area contributed by atoms with E-state index in [-0.39, 0.29) is 5.41 Å². The van der Waals surface area contributed by atoms with Gasteiger partial charge in [0.25, 0.3) is 0 Å². The number of hydrogen-bond acceptors (Lipinski definition) is 0. The van der Waals surface area contributed by atoms with Crippen LogP contribution >= 0.6 is 0 Å². The fourth-order valence-electron chi connectivity index (χ4n) is 8.45. The minimum Gasteiger partial charge on any atom is -0.0616 e. The topological polar surface area (TPSA) is 0 Å². The summed E-state index contributed by atoms with van der Waals surface area (Å²) in [7, 11) is 0. The van der Waals surface area contributed by atoms with Gasteiger partial charge >= 0.3 is 0 Å². The molecule has 0 spiro atoms. The van der Waals surface area contributed by atoms with Gasteiger partial charge in [0.05, 0.1) is 0 Å². The Morgan fingerprint density at radius 2 is 0.816 bits per heavy atom. The molecular weight excluding hydrogens is 589 g/mol. The van der Waals surface area contributed by atoms with Crippen LogP contribution in [0.5, 0.6) is 0 Å². The van der Waals surface area contributed by atoms with Crippen molar-refractivity contribution in [3.05, 3.63) is 181 Å². The summed E-state index contributed by atoms with van der Waals surface area (Å²) in [6.45, 7) is 4.77. The molecule has 9 aromatic carbocycles. The van der Waals surface area contributed by atoms with E-state index in [0.717, 1.165) is 0 Å². The van der Waals surface area contributed by atoms with E-state index >= 15 is 0 Å². The summed E-state index contributed by atoms with van der Waals surface area (Å²) in [5.41, 5.74) is 13.0. The van der Waals surface area contributed by atoms with Gasteiger partial charge in [-0.05, 0) is 129 Å². The van der Waals surface area contributed by atoms with Crippen LogP contribution in [-0.4, -0.2) is 0 Å². The van der Waals surface area contributed by atoms with Crippen molar-refractivity contribution in [3.8, 4) is 44.5 Å². The second-order valence-corrected chi connectivity index (χ2v) is 14.1. The third-order valence-electron chi connectivity index (χ3n) is 11.0. The van der Waals surface area contributed by atoms with Crippen LogP contribution in [0.4, 0.5) is 0 Å². The fourth-order valence-corrected chi connectivity index (χ4v) is 8.45. The second-order valence-electron chi connectivity index (χ2n) is 14.1. The third-order valence-corrected chi connectivity index (χ3v) is 11.0. The average molecular weight is 623 g/mol. The van der Waals surface area contributed by atoms with Crippen molar-refractivity contribution in [2.75, 3.05) is 0 Å². The molecule has 0 fully saturated rings. The van der Waals surface area contributed by atoms with Crippen LogP contribution in [0.1, 0.15) is 25.0 Å². The molecule has 0 N–H and O–H groups in total. The molecule has 0 aromatic heterocycles. The summed E-state index contributed by atoms with van der Waals surface area (Å²) in [5.74, 6) is 0. The lowest BCUT2D eigenvalue weighted by Gasteiger charge is -2.23. The van der Waals surface area contributed by atoms with Crippen LogP contribution in [0.15, 0.2) is 170 Å². The Kier molecular flexibility index (Phi) is 6.02. The maximum Gasteiger partial charge on any atom is 0.0159 e. The first-order valence-corrected chi connectivity index (χ1v) is 17.3. The summed E-state index contributed by atoms with van der Waals surface area (Å²) in [6.07, 6.45) is 0. The molecule has 10 rings (SSSR count). The zero-order chi connectivity index (χ0) is 32.7. The Morgan fingerprint density at radius 1 is 0.286 bits per heavy atom. The predicted molar refractivity (Wildman–Crippen MR) is 210 cm³/mol. The summed E-state index contributed by atoms with van der Waals surface area (Å²) >= 11 is 0. The predicted octanol–water partition coefficient (Wildman–Crippen LogP) is 13.6. The maximum atomic E-state index is 2.45. The van der Waals surface area contributed by atoms with Gasteiger partial charge in [-0.1, -0.05) is 153 Å². The van der Waals surface area contributed by atoms with E-state index in [1.165, 1.54) is 98.7 Å². The summed E-state index contributed by atoms with van der Waals surface area (Å²) < 4.78 is 0. The van der Waals surface area contributed by atoms with Crippen LogP contribution in [0.25, 0.3) is 87.6 Å². The highest BCUT2D eigenvalue weighted by atomic mass is 14.4. The quantitative estimate of drug-likeness (QED) is 0.172. The number of rotatable bonds is 3. The summed E-state index contributed by atoms with van der Waals surface area (Å²) in [5, 5.41) is 10.3. The van der Waals surface area contributed by atoms with Gasteiger partial charge in [0, 0.05) is 5.41 Å². The van der Waals surface area contributed by atoms with Gasteiger partial charge in [-0.3, -0.25) is 0 Å². The number of fused-ring (bicyclic) bond motifs is 8. The van der Waals surface area contributed by atoms with Gasteiger partial charge in [0.2, 0.25) is 0 Å². The molecule has 0 atom stereocenters. The molecule has 49 heavy (non-hydrogen) atoms. The molecule has 0 saturated carbocycles. The largest absolute Gasteiger partial charge is 0.0616 e.